The summed E-state index contributed by atoms with van der Waals surface area (Å²) in [6.45, 7) is 3.01. The van der Waals surface area contributed by atoms with Crippen LogP contribution in [0.2, 0.25) is 0 Å². The smallest absolute Gasteiger partial charge is 0.231 e. The van der Waals surface area contributed by atoms with Crippen molar-refractivity contribution in [3.05, 3.63) is 35.7 Å². The zero-order chi connectivity index (χ0) is 14.7. The second kappa shape index (κ2) is 5.87. The van der Waals surface area contributed by atoms with E-state index in [1.165, 1.54) is 0 Å². The average Bonchev–Trinajstić information content (AvgIpc) is 2.92. The third kappa shape index (κ3) is 3.16. The third-order valence-electron chi connectivity index (χ3n) is 3.18. The second-order valence-electron chi connectivity index (χ2n) is 4.89. The predicted octanol–water partition coefficient (Wildman–Crippen LogP) is 2.35. The van der Waals surface area contributed by atoms with E-state index in [4.69, 9.17) is 15.2 Å². The van der Waals surface area contributed by atoms with E-state index >= 15 is 0 Å². The van der Waals surface area contributed by atoms with Gasteiger partial charge in [0.2, 0.25) is 6.79 Å². The number of nitrogen functional groups attached to an aromatic ring is 1. The van der Waals surface area contributed by atoms with Crippen LogP contribution < -0.4 is 20.5 Å². The maximum atomic E-state index is 5.80. The van der Waals surface area contributed by atoms with Crippen LogP contribution in [0.4, 0.5) is 11.6 Å². The van der Waals surface area contributed by atoms with Gasteiger partial charge in [-0.1, -0.05) is 13.0 Å². The molecule has 0 fully saturated rings. The van der Waals surface area contributed by atoms with Gasteiger partial charge in [-0.15, -0.1) is 0 Å². The first-order valence-electron chi connectivity index (χ1n) is 7.00. The van der Waals surface area contributed by atoms with Crippen LogP contribution in [0.25, 0.3) is 0 Å². The predicted molar refractivity (Wildman–Crippen MR) is 80.3 cm³/mol. The number of anilines is 2. The van der Waals surface area contributed by atoms with Crippen LogP contribution in [-0.2, 0) is 13.0 Å². The number of rotatable bonds is 5. The molecule has 0 amide bonds. The van der Waals surface area contributed by atoms with Crippen molar-refractivity contribution in [2.24, 2.45) is 0 Å². The lowest BCUT2D eigenvalue weighted by Gasteiger charge is -2.08. The Labute approximate surface area is 123 Å². The molecule has 1 aromatic carbocycles. The molecule has 0 aliphatic carbocycles. The fourth-order valence-electron chi connectivity index (χ4n) is 2.19. The van der Waals surface area contributed by atoms with Gasteiger partial charge in [-0.25, -0.2) is 9.97 Å². The number of hydrogen-bond acceptors (Lipinski definition) is 6. The van der Waals surface area contributed by atoms with Crippen LogP contribution in [0.3, 0.4) is 0 Å². The first kappa shape index (κ1) is 13.5. The van der Waals surface area contributed by atoms with Gasteiger partial charge in [-0.05, 0) is 24.1 Å². The summed E-state index contributed by atoms with van der Waals surface area (Å²) in [5, 5.41) is 3.26. The summed E-state index contributed by atoms with van der Waals surface area (Å²) in [5.74, 6) is 3.56. The molecule has 6 heteroatoms. The molecule has 0 bridgehead atoms. The molecule has 0 saturated heterocycles. The van der Waals surface area contributed by atoms with E-state index < -0.39 is 0 Å². The molecule has 110 valence electrons. The van der Waals surface area contributed by atoms with E-state index in [1.54, 1.807) is 6.07 Å². The van der Waals surface area contributed by atoms with Crippen LogP contribution in [0, 0.1) is 0 Å². The number of aromatic nitrogens is 2. The normalized spacial score (nSPS) is 12.4. The average molecular weight is 286 g/mol. The molecule has 0 unspecified atom stereocenters. The number of aryl methyl sites for hydroxylation is 1. The highest BCUT2D eigenvalue weighted by atomic mass is 16.7. The third-order valence-corrected chi connectivity index (χ3v) is 3.18. The molecule has 1 aromatic heterocycles. The molecule has 2 heterocycles. The fraction of sp³-hybridized carbons (Fsp3) is 0.333. The summed E-state index contributed by atoms with van der Waals surface area (Å²) < 4.78 is 10.7. The molecule has 1 aliphatic heterocycles. The molecule has 3 N–H and O–H groups in total. The van der Waals surface area contributed by atoms with E-state index in [2.05, 4.69) is 22.2 Å². The molecule has 0 saturated carbocycles. The highest BCUT2D eigenvalue weighted by molar-refractivity contribution is 5.47. The highest BCUT2D eigenvalue weighted by Crippen LogP contribution is 2.32. The molecule has 0 spiro atoms. The standard InChI is InChI=1S/C15H18N4O2/c1-2-3-14-18-13(16)7-15(19-14)17-8-10-4-5-11-12(6-10)21-9-20-11/h4-7H,2-3,8-9H2,1H3,(H3,16,17,18,19). The highest BCUT2D eigenvalue weighted by Gasteiger charge is 2.13. The Morgan fingerprint density at radius 3 is 2.90 bits per heavy atom. The number of nitrogens with one attached hydrogen (secondary N) is 1. The zero-order valence-electron chi connectivity index (χ0n) is 11.9. The van der Waals surface area contributed by atoms with E-state index in [0.717, 1.165) is 41.5 Å². The van der Waals surface area contributed by atoms with Gasteiger partial charge in [0.1, 0.15) is 17.5 Å². The van der Waals surface area contributed by atoms with Crippen LogP contribution in [0.15, 0.2) is 24.3 Å². The van der Waals surface area contributed by atoms with Crippen LogP contribution >= 0.6 is 0 Å². The SMILES string of the molecule is CCCc1nc(N)cc(NCc2ccc3c(c2)OCO3)n1. The number of hydrogen-bond donors (Lipinski definition) is 2. The minimum absolute atomic E-state index is 0.287. The van der Waals surface area contributed by atoms with Gasteiger partial charge in [-0.2, -0.15) is 0 Å². The number of fused-ring (bicyclic) bond motifs is 1. The Balaban J connectivity index is 1.69. The Morgan fingerprint density at radius 2 is 2.05 bits per heavy atom. The van der Waals surface area contributed by atoms with Crippen molar-refractivity contribution in [3.8, 4) is 11.5 Å². The number of ether oxygens (including phenoxy) is 2. The summed E-state index contributed by atoms with van der Waals surface area (Å²) in [6.07, 6.45) is 1.81. The maximum Gasteiger partial charge on any atom is 0.231 e. The summed E-state index contributed by atoms with van der Waals surface area (Å²) in [4.78, 5) is 8.67. The molecular formula is C15H18N4O2. The van der Waals surface area contributed by atoms with Gasteiger partial charge in [-0.3, -0.25) is 0 Å². The number of benzene rings is 1. The van der Waals surface area contributed by atoms with Gasteiger partial charge < -0.3 is 20.5 Å². The van der Waals surface area contributed by atoms with Crippen molar-refractivity contribution >= 4 is 11.6 Å². The first-order valence-corrected chi connectivity index (χ1v) is 7.00. The molecule has 21 heavy (non-hydrogen) atoms. The van der Waals surface area contributed by atoms with Crippen LogP contribution in [-0.4, -0.2) is 16.8 Å². The van der Waals surface area contributed by atoms with Crippen molar-refractivity contribution in [2.75, 3.05) is 17.8 Å². The lowest BCUT2D eigenvalue weighted by Crippen LogP contribution is -2.06. The minimum atomic E-state index is 0.287. The Morgan fingerprint density at radius 1 is 1.19 bits per heavy atom. The Kier molecular flexibility index (Phi) is 3.77. The molecule has 1 aliphatic rings. The Bertz CT molecular complexity index is 646. The number of nitrogens with zero attached hydrogens (tertiary/aromatic N) is 2. The molecule has 2 aromatic rings. The minimum Gasteiger partial charge on any atom is -0.454 e. The lowest BCUT2D eigenvalue weighted by atomic mass is 10.2. The largest absolute Gasteiger partial charge is 0.454 e. The molecule has 0 radical (unpaired) electrons. The monoisotopic (exact) mass is 286 g/mol. The maximum absolute atomic E-state index is 5.80. The van der Waals surface area contributed by atoms with Gasteiger partial charge >= 0.3 is 0 Å². The topological polar surface area (TPSA) is 82.3 Å². The van der Waals surface area contributed by atoms with E-state index in [0.29, 0.717) is 12.4 Å². The van der Waals surface area contributed by atoms with Crippen molar-refractivity contribution in [1.82, 2.24) is 9.97 Å². The van der Waals surface area contributed by atoms with Crippen molar-refractivity contribution in [2.45, 2.75) is 26.3 Å². The molecule has 0 atom stereocenters. The summed E-state index contributed by atoms with van der Waals surface area (Å²) >= 11 is 0. The van der Waals surface area contributed by atoms with Crippen molar-refractivity contribution < 1.29 is 9.47 Å². The molecule has 3 rings (SSSR count). The summed E-state index contributed by atoms with van der Waals surface area (Å²) in [5.41, 5.74) is 6.90. The quantitative estimate of drug-likeness (QED) is 0.878. The second-order valence-corrected chi connectivity index (χ2v) is 4.89. The summed E-state index contributed by atoms with van der Waals surface area (Å²) in [6, 6.07) is 7.62. The fourth-order valence-corrected chi connectivity index (χ4v) is 2.19. The zero-order valence-corrected chi connectivity index (χ0v) is 11.9. The van der Waals surface area contributed by atoms with E-state index in [9.17, 15) is 0 Å². The van der Waals surface area contributed by atoms with Gasteiger partial charge in [0, 0.05) is 19.0 Å². The number of nitrogens with two attached hydrogens (primary N) is 1. The van der Waals surface area contributed by atoms with Crippen LogP contribution in [0.1, 0.15) is 24.7 Å². The van der Waals surface area contributed by atoms with Gasteiger partial charge in [0.15, 0.2) is 11.5 Å². The molecule has 6 nitrogen and oxygen atoms in total. The van der Waals surface area contributed by atoms with E-state index in [-0.39, 0.29) is 6.79 Å². The van der Waals surface area contributed by atoms with Gasteiger partial charge in [0.25, 0.3) is 0 Å². The van der Waals surface area contributed by atoms with Gasteiger partial charge in [0.05, 0.1) is 0 Å². The molecular weight excluding hydrogens is 268 g/mol. The van der Waals surface area contributed by atoms with Crippen molar-refractivity contribution in [1.29, 1.82) is 0 Å². The summed E-state index contributed by atoms with van der Waals surface area (Å²) in [7, 11) is 0. The Hall–Kier alpha value is -2.50. The first-order chi connectivity index (χ1) is 10.2. The van der Waals surface area contributed by atoms with E-state index in [1.807, 2.05) is 18.2 Å². The van der Waals surface area contributed by atoms with Crippen molar-refractivity contribution in [3.63, 3.8) is 0 Å². The van der Waals surface area contributed by atoms with Crippen LogP contribution in [0.5, 0.6) is 11.5 Å². The lowest BCUT2D eigenvalue weighted by molar-refractivity contribution is 0.174.